The number of sulfonamides is 1. The van der Waals surface area contributed by atoms with Crippen molar-refractivity contribution >= 4 is 50.5 Å². The van der Waals surface area contributed by atoms with E-state index in [0.29, 0.717) is 21.7 Å². The number of hydrogen-bond acceptors (Lipinski definition) is 5. The number of aromatic nitrogens is 2. The van der Waals surface area contributed by atoms with Gasteiger partial charge in [-0.05, 0) is 53.6 Å². The van der Waals surface area contributed by atoms with Gasteiger partial charge in [0.2, 0.25) is 15.9 Å². The summed E-state index contributed by atoms with van der Waals surface area (Å²) in [6.45, 7) is -0.0535. The average molecular weight is 545 g/mol. The van der Waals surface area contributed by atoms with Gasteiger partial charge in [0.05, 0.1) is 22.6 Å². The predicted octanol–water partition coefficient (Wildman–Crippen LogP) is 3.82. The number of amides is 1. The van der Waals surface area contributed by atoms with Crippen molar-refractivity contribution in [3.63, 3.8) is 0 Å². The van der Waals surface area contributed by atoms with Gasteiger partial charge in [0.1, 0.15) is 11.9 Å². The number of halogens is 2. The highest BCUT2D eigenvalue weighted by Gasteiger charge is 2.36. The summed E-state index contributed by atoms with van der Waals surface area (Å²) in [5, 5.41) is 8.96. The summed E-state index contributed by atoms with van der Waals surface area (Å²) < 4.78 is 45.1. The summed E-state index contributed by atoms with van der Waals surface area (Å²) in [6, 6.07) is 13.4. The van der Waals surface area contributed by atoms with Gasteiger partial charge in [-0.15, -0.1) is 0 Å². The fraction of sp³-hybridized carbons (Fsp3) is 0.160. The van der Waals surface area contributed by atoms with E-state index in [1.165, 1.54) is 29.2 Å². The van der Waals surface area contributed by atoms with Crippen LogP contribution in [0.4, 0.5) is 10.1 Å². The fourth-order valence-electron chi connectivity index (χ4n) is 4.09. The highest BCUT2D eigenvalue weighted by Crippen LogP contribution is 2.29. The van der Waals surface area contributed by atoms with Gasteiger partial charge in [0, 0.05) is 30.4 Å². The second-order valence-corrected chi connectivity index (χ2v) is 10.5. The third-order valence-corrected chi connectivity index (χ3v) is 7.53. The monoisotopic (exact) mass is 544 g/mol. The number of nitrogens with one attached hydrogen (secondary N) is 1. The van der Waals surface area contributed by atoms with Crippen LogP contribution in [-0.2, 0) is 26.7 Å². The summed E-state index contributed by atoms with van der Waals surface area (Å²) in [4.78, 5) is 26.9. The Kier molecular flexibility index (Phi) is 7.58. The van der Waals surface area contributed by atoms with Crippen LogP contribution in [0.15, 0.2) is 72.0 Å². The van der Waals surface area contributed by atoms with Gasteiger partial charge < -0.3 is 14.6 Å². The first-order valence-corrected chi connectivity index (χ1v) is 12.9. The Morgan fingerprint density at radius 1 is 1.14 bits per heavy atom. The SMILES string of the molecule is Cn1cnc(-c2ccc(N3CC[C@H](NS(=O)(=O)c4ccc5cc(Cl)ccc5c4)C3=O)c(F)c2)c1.O=CO. The number of benzene rings is 3. The van der Waals surface area contributed by atoms with Crippen molar-refractivity contribution in [2.45, 2.75) is 17.4 Å². The van der Waals surface area contributed by atoms with Crippen molar-refractivity contribution in [2.24, 2.45) is 7.05 Å². The molecule has 5 rings (SSSR count). The Morgan fingerprint density at radius 3 is 2.51 bits per heavy atom. The van der Waals surface area contributed by atoms with E-state index in [0.717, 1.165) is 5.39 Å². The molecule has 9 nitrogen and oxygen atoms in total. The third kappa shape index (κ3) is 5.63. The summed E-state index contributed by atoms with van der Waals surface area (Å²) in [7, 11) is -2.15. The Labute approximate surface area is 217 Å². The van der Waals surface area contributed by atoms with Crippen LogP contribution in [0.5, 0.6) is 0 Å². The molecule has 0 bridgehead atoms. The molecule has 1 saturated heterocycles. The molecule has 0 aliphatic carbocycles. The van der Waals surface area contributed by atoms with Crippen molar-refractivity contribution in [3.8, 4) is 11.3 Å². The topological polar surface area (TPSA) is 122 Å². The highest BCUT2D eigenvalue weighted by molar-refractivity contribution is 7.89. The van der Waals surface area contributed by atoms with E-state index in [1.54, 1.807) is 47.4 Å². The zero-order chi connectivity index (χ0) is 26.7. The van der Waals surface area contributed by atoms with Gasteiger partial charge in [-0.1, -0.05) is 29.8 Å². The molecule has 0 spiro atoms. The zero-order valence-corrected chi connectivity index (χ0v) is 21.1. The van der Waals surface area contributed by atoms with Crippen molar-refractivity contribution < 1.29 is 27.5 Å². The van der Waals surface area contributed by atoms with E-state index >= 15 is 0 Å². The van der Waals surface area contributed by atoms with Crippen LogP contribution in [0.2, 0.25) is 5.02 Å². The molecule has 0 unspecified atom stereocenters. The quantitative estimate of drug-likeness (QED) is 0.368. The number of carbonyl (C=O) groups excluding carboxylic acids is 1. The maximum Gasteiger partial charge on any atom is 0.290 e. The maximum atomic E-state index is 14.9. The normalized spacial score (nSPS) is 15.5. The predicted molar refractivity (Wildman–Crippen MR) is 137 cm³/mol. The number of anilines is 1. The molecule has 2 heterocycles. The smallest absolute Gasteiger partial charge is 0.290 e. The van der Waals surface area contributed by atoms with Gasteiger partial charge in [0.15, 0.2) is 0 Å². The third-order valence-electron chi connectivity index (χ3n) is 5.83. The standard InChI is InChI=1S/C24H20ClFN4O3S.CH2O2/c1-29-13-22(27-14-29)17-4-7-23(20(26)12-17)30-9-8-21(24(30)31)28-34(32,33)19-6-3-15-10-18(25)5-2-16(15)11-19;2-1-3/h2-7,10-14,21,28H,8-9H2,1H3;1H,(H,2,3)/t21-;/m0./s1. The Balaban J connectivity index is 0.00000102. The molecule has 3 aromatic carbocycles. The minimum atomic E-state index is -3.97. The van der Waals surface area contributed by atoms with Crippen molar-refractivity contribution in [2.75, 3.05) is 11.4 Å². The fourth-order valence-corrected chi connectivity index (χ4v) is 5.53. The van der Waals surface area contributed by atoms with Crippen LogP contribution >= 0.6 is 11.6 Å². The molecule has 1 aliphatic heterocycles. The number of aryl methyl sites for hydroxylation is 1. The van der Waals surface area contributed by atoms with E-state index in [1.807, 2.05) is 7.05 Å². The molecule has 1 atom stereocenters. The Morgan fingerprint density at radius 2 is 1.84 bits per heavy atom. The first-order chi connectivity index (χ1) is 17.6. The zero-order valence-electron chi connectivity index (χ0n) is 19.5. The molecular formula is C25H22ClFN4O5S. The maximum absolute atomic E-state index is 14.9. The van der Waals surface area contributed by atoms with Gasteiger partial charge in [-0.3, -0.25) is 9.59 Å². The molecule has 1 aromatic heterocycles. The van der Waals surface area contributed by atoms with Crippen LogP contribution < -0.4 is 9.62 Å². The first kappa shape index (κ1) is 26.3. The molecule has 37 heavy (non-hydrogen) atoms. The van der Waals surface area contributed by atoms with Gasteiger partial charge >= 0.3 is 0 Å². The van der Waals surface area contributed by atoms with E-state index in [9.17, 15) is 17.6 Å². The van der Waals surface area contributed by atoms with Crippen molar-refractivity contribution in [1.82, 2.24) is 14.3 Å². The van der Waals surface area contributed by atoms with Crippen molar-refractivity contribution in [3.05, 3.63) is 78.0 Å². The number of nitrogens with zero attached hydrogens (tertiary/aromatic N) is 3. The van der Waals surface area contributed by atoms with Crippen LogP contribution in [-0.4, -0.2) is 48.0 Å². The van der Waals surface area contributed by atoms with E-state index in [4.69, 9.17) is 21.5 Å². The molecule has 0 radical (unpaired) electrons. The number of imidazole rings is 1. The van der Waals surface area contributed by atoms with Gasteiger partial charge in [-0.25, -0.2) is 17.8 Å². The van der Waals surface area contributed by atoms with Crippen LogP contribution in [0.3, 0.4) is 0 Å². The van der Waals surface area contributed by atoms with Crippen LogP contribution in [0.25, 0.3) is 22.0 Å². The van der Waals surface area contributed by atoms with E-state index in [2.05, 4.69) is 9.71 Å². The summed E-state index contributed by atoms with van der Waals surface area (Å²) in [5.41, 5.74) is 1.31. The lowest BCUT2D eigenvalue weighted by molar-refractivity contribution is -0.123. The molecule has 0 saturated carbocycles. The van der Waals surface area contributed by atoms with E-state index in [-0.39, 0.29) is 30.0 Å². The van der Waals surface area contributed by atoms with Crippen LogP contribution in [0, 0.1) is 5.82 Å². The summed E-state index contributed by atoms with van der Waals surface area (Å²) >= 11 is 5.99. The molecule has 1 amide bonds. The largest absolute Gasteiger partial charge is 0.483 e. The minimum Gasteiger partial charge on any atom is -0.483 e. The minimum absolute atomic E-state index is 0.0412. The average Bonchev–Trinajstić information content (AvgIpc) is 3.44. The Bertz CT molecular complexity index is 1590. The molecule has 4 aromatic rings. The van der Waals surface area contributed by atoms with Crippen molar-refractivity contribution in [1.29, 1.82) is 0 Å². The highest BCUT2D eigenvalue weighted by atomic mass is 35.5. The molecular weight excluding hydrogens is 523 g/mol. The molecule has 1 aliphatic rings. The van der Waals surface area contributed by atoms with E-state index < -0.39 is 27.8 Å². The lowest BCUT2D eigenvalue weighted by atomic mass is 10.1. The number of fused-ring (bicyclic) bond motifs is 1. The lowest BCUT2D eigenvalue weighted by Crippen LogP contribution is -2.41. The first-order valence-electron chi connectivity index (χ1n) is 11.0. The van der Waals surface area contributed by atoms with Crippen LogP contribution in [0.1, 0.15) is 6.42 Å². The second-order valence-electron chi connectivity index (χ2n) is 8.30. The number of carboxylic acid groups (broad SMARTS) is 1. The molecule has 12 heteroatoms. The lowest BCUT2D eigenvalue weighted by Gasteiger charge is -2.18. The molecule has 192 valence electrons. The Hall–Kier alpha value is -3.80. The number of carbonyl (C=O) groups is 2. The van der Waals surface area contributed by atoms with Gasteiger partial charge in [0.25, 0.3) is 6.47 Å². The van der Waals surface area contributed by atoms with Gasteiger partial charge in [-0.2, -0.15) is 4.72 Å². The number of rotatable bonds is 5. The summed E-state index contributed by atoms with van der Waals surface area (Å²) in [5.74, 6) is -1.08. The molecule has 2 N–H and O–H groups in total. The number of hydrogen-bond donors (Lipinski definition) is 2. The molecule has 1 fully saturated rings. The second kappa shape index (κ2) is 10.7. The summed E-state index contributed by atoms with van der Waals surface area (Å²) in [6.07, 6.45) is 3.61.